The second-order valence-corrected chi connectivity index (χ2v) is 7.87. The smallest absolute Gasteiger partial charge is 0.318 e. The quantitative estimate of drug-likeness (QED) is 0.811. The Bertz CT molecular complexity index is 815. The zero-order valence-corrected chi connectivity index (χ0v) is 17.8. The standard InChI is InChI=1S/C23H31N3O3/c1-23(2,19-10-11-20(28-3)21(16-19)29-4)24-22(27)26-14-12-25(13-15-26)17-18-8-6-5-7-9-18/h5-11,16H,12-15,17H2,1-4H3,(H,24,27). The average molecular weight is 398 g/mol. The summed E-state index contributed by atoms with van der Waals surface area (Å²) in [5, 5.41) is 3.17. The molecule has 0 radical (unpaired) electrons. The van der Waals surface area contributed by atoms with Gasteiger partial charge < -0.3 is 19.7 Å². The summed E-state index contributed by atoms with van der Waals surface area (Å²) in [7, 11) is 3.23. The normalized spacial score (nSPS) is 15.1. The lowest BCUT2D eigenvalue weighted by atomic mass is 9.94. The Kier molecular flexibility index (Phi) is 6.64. The number of carbonyl (C=O) groups excluding carboxylic acids is 1. The van der Waals surface area contributed by atoms with E-state index in [1.54, 1.807) is 14.2 Å². The number of piperazine rings is 1. The van der Waals surface area contributed by atoms with Crippen LogP contribution in [0.15, 0.2) is 48.5 Å². The van der Waals surface area contributed by atoms with Gasteiger partial charge in [-0.1, -0.05) is 36.4 Å². The molecule has 3 rings (SSSR count). The van der Waals surface area contributed by atoms with E-state index in [0.717, 1.165) is 38.3 Å². The summed E-state index contributed by atoms with van der Waals surface area (Å²) in [6.45, 7) is 8.11. The Balaban J connectivity index is 1.57. The van der Waals surface area contributed by atoms with Crippen LogP contribution in [0.3, 0.4) is 0 Å². The van der Waals surface area contributed by atoms with Gasteiger partial charge in [0.2, 0.25) is 0 Å². The number of urea groups is 1. The monoisotopic (exact) mass is 397 g/mol. The first-order valence-electron chi connectivity index (χ1n) is 9.99. The van der Waals surface area contributed by atoms with Crippen LogP contribution in [0.25, 0.3) is 0 Å². The van der Waals surface area contributed by atoms with Crippen molar-refractivity contribution in [3.05, 3.63) is 59.7 Å². The van der Waals surface area contributed by atoms with Crippen LogP contribution in [0, 0.1) is 0 Å². The average Bonchev–Trinajstić information content (AvgIpc) is 2.74. The van der Waals surface area contributed by atoms with Gasteiger partial charge in [-0.25, -0.2) is 4.79 Å². The number of benzene rings is 2. The lowest BCUT2D eigenvalue weighted by Gasteiger charge is -2.37. The topological polar surface area (TPSA) is 54.0 Å². The fourth-order valence-electron chi connectivity index (χ4n) is 3.59. The molecular weight excluding hydrogens is 366 g/mol. The molecule has 1 fully saturated rings. The number of carbonyl (C=O) groups is 1. The zero-order valence-electron chi connectivity index (χ0n) is 17.8. The highest BCUT2D eigenvalue weighted by Crippen LogP contribution is 2.32. The molecule has 2 amide bonds. The third kappa shape index (κ3) is 5.21. The summed E-state index contributed by atoms with van der Waals surface area (Å²) < 4.78 is 10.7. The molecular formula is C23H31N3O3. The van der Waals surface area contributed by atoms with Gasteiger partial charge in [0, 0.05) is 32.7 Å². The maximum atomic E-state index is 12.9. The van der Waals surface area contributed by atoms with Crippen molar-refractivity contribution >= 4 is 6.03 Å². The molecule has 1 saturated heterocycles. The zero-order chi connectivity index (χ0) is 20.9. The van der Waals surface area contributed by atoms with E-state index in [-0.39, 0.29) is 6.03 Å². The van der Waals surface area contributed by atoms with Crippen LogP contribution < -0.4 is 14.8 Å². The van der Waals surface area contributed by atoms with Gasteiger partial charge in [0.1, 0.15) is 0 Å². The fraction of sp³-hybridized carbons (Fsp3) is 0.435. The number of nitrogens with zero attached hydrogens (tertiary/aromatic N) is 2. The van der Waals surface area contributed by atoms with Crippen LogP contribution in [0.4, 0.5) is 4.79 Å². The second kappa shape index (κ2) is 9.18. The molecule has 0 bridgehead atoms. The summed E-state index contributed by atoms with van der Waals surface area (Å²) in [5.74, 6) is 1.33. The van der Waals surface area contributed by atoms with E-state index in [2.05, 4.69) is 34.5 Å². The lowest BCUT2D eigenvalue weighted by Crippen LogP contribution is -2.54. The van der Waals surface area contributed by atoms with Crippen molar-refractivity contribution in [1.82, 2.24) is 15.1 Å². The molecule has 1 heterocycles. The number of hydrogen-bond acceptors (Lipinski definition) is 4. The molecule has 1 aliphatic heterocycles. The van der Waals surface area contributed by atoms with Gasteiger partial charge in [-0.3, -0.25) is 4.90 Å². The molecule has 1 aliphatic rings. The van der Waals surface area contributed by atoms with Crippen LogP contribution in [-0.4, -0.2) is 56.2 Å². The van der Waals surface area contributed by atoms with Gasteiger partial charge in [-0.05, 0) is 37.1 Å². The molecule has 2 aromatic carbocycles. The van der Waals surface area contributed by atoms with Gasteiger partial charge in [0.25, 0.3) is 0 Å². The Morgan fingerprint density at radius 2 is 1.62 bits per heavy atom. The SMILES string of the molecule is COc1ccc(C(C)(C)NC(=O)N2CCN(Cc3ccccc3)CC2)cc1OC. The highest BCUT2D eigenvalue weighted by Gasteiger charge is 2.28. The van der Waals surface area contributed by atoms with Crippen molar-refractivity contribution in [3.8, 4) is 11.5 Å². The van der Waals surface area contributed by atoms with Crippen molar-refractivity contribution in [2.24, 2.45) is 0 Å². The fourth-order valence-corrected chi connectivity index (χ4v) is 3.59. The van der Waals surface area contributed by atoms with Crippen molar-refractivity contribution in [2.75, 3.05) is 40.4 Å². The molecule has 0 spiro atoms. The van der Waals surface area contributed by atoms with Crippen LogP contribution in [0.5, 0.6) is 11.5 Å². The molecule has 0 aromatic heterocycles. The van der Waals surface area contributed by atoms with Crippen LogP contribution in [0.2, 0.25) is 0 Å². The van der Waals surface area contributed by atoms with E-state index < -0.39 is 5.54 Å². The maximum absolute atomic E-state index is 12.9. The number of rotatable bonds is 6. The predicted octanol–water partition coefficient (Wildman–Crippen LogP) is 3.47. The molecule has 156 valence electrons. The first-order valence-corrected chi connectivity index (χ1v) is 9.99. The number of methoxy groups -OCH3 is 2. The van der Waals surface area contributed by atoms with E-state index in [1.807, 2.05) is 43.0 Å². The van der Waals surface area contributed by atoms with Crippen LogP contribution >= 0.6 is 0 Å². The number of hydrogen-bond donors (Lipinski definition) is 1. The molecule has 0 aliphatic carbocycles. The van der Waals surface area contributed by atoms with E-state index >= 15 is 0 Å². The molecule has 29 heavy (non-hydrogen) atoms. The van der Waals surface area contributed by atoms with Gasteiger partial charge in [0.15, 0.2) is 11.5 Å². The second-order valence-electron chi connectivity index (χ2n) is 7.87. The lowest BCUT2D eigenvalue weighted by molar-refractivity contribution is 0.130. The molecule has 1 N–H and O–H groups in total. The summed E-state index contributed by atoms with van der Waals surface area (Å²) in [5.41, 5.74) is 1.74. The van der Waals surface area contributed by atoms with Crippen molar-refractivity contribution in [2.45, 2.75) is 25.9 Å². The third-order valence-electron chi connectivity index (χ3n) is 5.43. The van der Waals surface area contributed by atoms with E-state index in [9.17, 15) is 4.79 Å². The van der Waals surface area contributed by atoms with Crippen molar-refractivity contribution in [3.63, 3.8) is 0 Å². The molecule has 0 saturated carbocycles. The maximum Gasteiger partial charge on any atom is 0.318 e. The molecule has 0 atom stereocenters. The van der Waals surface area contributed by atoms with E-state index in [0.29, 0.717) is 11.5 Å². The largest absolute Gasteiger partial charge is 0.493 e. The van der Waals surface area contributed by atoms with Gasteiger partial charge in [-0.2, -0.15) is 0 Å². The first kappa shape index (κ1) is 21.0. The Labute approximate surface area is 173 Å². The minimum Gasteiger partial charge on any atom is -0.493 e. The third-order valence-corrected chi connectivity index (χ3v) is 5.43. The van der Waals surface area contributed by atoms with Crippen LogP contribution in [-0.2, 0) is 12.1 Å². The number of amides is 2. The van der Waals surface area contributed by atoms with Gasteiger partial charge in [-0.15, -0.1) is 0 Å². The molecule has 6 nitrogen and oxygen atoms in total. The van der Waals surface area contributed by atoms with Gasteiger partial charge >= 0.3 is 6.03 Å². The Morgan fingerprint density at radius 1 is 0.966 bits per heavy atom. The first-order chi connectivity index (χ1) is 13.9. The van der Waals surface area contributed by atoms with Crippen molar-refractivity contribution < 1.29 is 14.3 Å². The highest BCUT2D eigenvalue weighted by molar-refractivity contribution is 5.75. The predicted molar refractivity (Wildman–Crippen MR) is 114 cm³/mol. The summed E-state index contributed by atoms with van der Waals surface area (Å²) in [6, 6.07) is 16.1. The van der Waals surface area contributed by atoms with Gasteiger partial charge in [0.05, 0.1) is 19.8 Å². The van der Waals surface area contributed by atoms with Crippen LogP contribution in [0.1, 0.15) is 25.0 Å². The number of ether oxygens (including phenoxy) is 2. The molecule has 6 heteroatoms. The molecule has 2 aromatic rings. The summed E-state index contributed by atoms with van der Waals surface area (Å²) in [4.78, 5) is 17.2. The van der Waals surface area contributed by atoms with Crippen molar-refractivity contribution in [1.29, 1.82) is 0 Å². The molecule has 0 unspecified atom stereocenters. The minimum absolute atomic E-state index is 0.0378. The Hall–Kier alpha value is -2.73. The Morgan fingerprint density at radius 3 is 2.24 bits per heavy atom. The summed E-state index contributed by atoms with van der Waals surface area (Å²) >= 11 is 0. The summed E-state index contributed by atoms with van der Waals surface area (Å²) in [6.07, 6.45) is 0. The highest BCUT2D eigenvalue weighted by atomic mass is 16.5. The minimum atomic E-state index is -0.530. The number of nitrogens with one attached hydrogen (secondary N) is 1. The van der Waals surface area contributed by atoms with E-state index in [4.69, 9.17) is 9.47 Å². The van der Waals surface area contributed by atoms with E-state index in [1.165, 1.54) is 5.56 Å².